The van der Waals surface area contributed by atoms with Crippen LogP contribution in [0, 0.1) is 17.3 Å². The Morgan fingerprint density at radius 2 is 2.36 bits per heavy atom. The Labute approximate surface area is 85.0 Å². The molecule has 2 aliphatic rings. The van der Waals surface area contributed by atoms with E-state index in [9.17, 15) is 4.79 Å². The topological polar surface area (TPSA) is 52.3 Å². The molecule has 0 aromatic heterocycles. The van der Waals surface area contributed by atoms with E-state index >= 15 is 0 Å². The second kappa shape index (κ2) is 3.23. The van der Waals surface area contributed by atoms with Crippen LogP contribution in [0.4, 0.5) is 0 Å². The molecule has 2 N–H and O–H groups in total. The van der Waals surface area contributed by atoms with Crippen molar-refractivity contribution in [1.82, 2.24) is 0 Å². The lowest BCUT2D eigenvalue weighted by atomic mass is 9.72. The zero-order chi connectivity index (χ0) is 10.3. The van der Waals surface area contributed by atoms with E-state index in [0.29, 0.717) is 12.5 Å². The van der Waals surface area contributed by atoms with Crippen LogP contribution in [0.1, 0.15) is 33.1 Å². The van der Waals surface area contributed by atoms with Crippen molar-refractivity contribution >= 4 is 5.97 Å². The van der Waals surface area contributed by atoms with Gasteiger partial charge in [-0.2, -0.15) is 0 Å². The van der Waals surface area contributed by atoms with Gasteiger partial charge in [0, 0.05) is 6.04 Å². The van der Waals surface area contributed by atoms with Crippen LogP contribution in [-0.4, -0.2) is 18.6 Å². The highest BCUT2D eigenvalue weighted by atomic mass is 16.5. The molecule has 4 atom stereocenters. The van der Waals surface area contributed by atoms with Gasteiger partial charge in [-0.3, -0.25) is 4.79 Å². The largest absolute Gasteiger partial charge is 0.466 e. The minimum absolute atomic E-state index is 0.0142. The van der Waals surface area contributed by atoms with Gasteiger partial charge in [-0.1, -0.05) is 0 Å². The highest BCUT2D eigenvalue weighted by Gasteiger charge is 2.56. The molecule has 0 aromatic carbocycles. The predicted molar refractivity (Wildman–Crippen MR) is 53.5 cm³/mol. The van der Waals surface area contributed by atoms with Crippen molar-refractivity contribution in [1.29, 1.82) is 0 Å². The molecule has 1 unspecified atom stereocenters. The summed E-state index contributed by atoms with van der Waals surface area (Å²) in [6.45, 7) is 4.26. The predicted octanol–water partition coefficient (Wildman–Crippen LogP) is 1.31. The molecular weight excluding hydrogens is 178 g/mol. The Balaban J connectivity index is 2.09. The molecule has 3 heteroatoms. The minimum atomic E-state index is -0.423. The first-order valence-electron chi connectivity index (χ1n) is 5.52. The lowest BCUT2D eigenvalue weighted by Gasteiger charge is -2.36. The van der Waals surface area contributed by atoms with Crippen LogP contribution in [-0.2, 0) is 9.53 Å². The molecule has 14 heavy (non-hydrogen) atoms. The normalized spacial score (nSPS) is 45.5. The van der Waals surface area contributed by atoms with E-state index in [1.54, 1.807) is 0 Å². The minimum Gasteiger partial charge on any atom is -0.466 e. The molecule has 2 rings (SSSR count). The van der Waals surface area contributed by atoms with Crippen molar-refractivity contribution in [3.8, 4) is 0 Å². The van der Waals surface area contributed by atoms with Crippen LogP contribution in [0.2, 0.25) is 0 Å². The number of carbonyl (C=O) groups excluding carboxylic acids is 1. The summed E-state index contributed by atoms with van der Waals surface area (Å²) in [5.41, 5.74) is 5.71. The van der Waals surface area contributed by atoms with Crippen LogP contribution >= 0.6 is 0 Å². The van der Waals surface area contributed by atoms with E-state index in [2.05, 4.69) is 0 Å². The quantitative estimate of drug-likeness (QED) is 0.679. The second-order valence-corrected chi connectivity index (χ2v) is 4.86. The molecule has 0 radical (unpaired) electrons. The van der Waals surface area contributed by atoms with Gasteiger partial charge < -0.3 is 10.5 Å². The summed E-state index contributed by atoms with van der Waals surface area (Å²) < 4.78 is 5.10. The summed E-state index contributed by atoms with van der Waals surface area (Å²) in [6, 6.07) is 0.0142. The summed E-state index contributed by atoms with van der Waals surface area (Å²) in [5, 5.41) is 0. The van der Waals surface area contributed by atoms with Gasteiger partial charge in [0.15, 0.2) is 0 Å². The summed E-state index contributed by atoms with van der Waals surface area (Å²) in [7, 11) is 0. The maximum atomic E-state index is 11.8. The third kappa shape index (κ3) is 1.34. The van der Waals surface area contributed by atoms with Crippen molar-refractivity contribution in [3.05, 3.63) is 0 Å². The Kier molecular flexibility index (Phi) is 2.30. The second-order valence-electron chi connectivity index (χ2n) is 4.86. The number of hydrogen-bond acceptors (Lipinski definition) is 3. The molecular formula is C11H19NO2. The van der Waals surface area contributed by atoms with Gasteiger partial charge in [-0.05, 0) is 44.9 Å². The van der Waals surface area contributed by atoms with Crippen molar-refractivity contribution < 1.29 is 9.53 Å². The van der Waals surface area contributed by atoms with Crippen molar-refractivity contribution in [3.63, 3.8) is 0 Å². The van der Waals surface area contributed by atoms with E-state index in [-0.39, 0.29) is 12.0 Å². The average Bonchev–Trinajstić information content (AvgIpc) is 2.92. The van der Waals surface area contributed by atoms with Crippen molar-refractivity contribution in [2.75, 3.05) is 6.61 Å². The molecule has 2 saturated carbocycles. The maximum absolute atomic E-state index is 11.8. The van der Waals surface area contributed by atoms with Crippen LogP contribution < -0.4 is 5.73 Å². The maximum Gasteiger partial charge on any atom is 0.313 e. The van der Waals surface area contributed by atoms with Gasteiger partial charge in [0.1, 0.15) is 0 Å². The zero-order valence-electron chi connectivity index (χ0n) is 8.95. The molecule has 0 amide bonds. The first-order chi connectivity index (χ1) is 6.59. The summed E-state index contributed by atoms with van der Waals surface area (Å²) >= 11 is 0. The van der Waals surface area contributed by atoms with Crippen LogP contribution in [0.25, 0.3) is 0 Å². The lowest BCUT2D eigenvalue weighted by molar-refractivity contribution is -0.157. The number of carbonyl (C=O) groups is 1. The molecule has 2 aliphatic carbocycles. The highest BCUT2D eigenvalue weighted by Crippen LogP contribution is 2.55. The Bertz CT molecular complexity index is 254. The van der Waals surface area contributed by atoms with Gasteiger partial charge in [0.05, 0.1) is 12.0 Å². The Morgan fingerprint density at radius 3 is 3.00 bits per heavy atom. The number of nitrogens with two attached hydrogens (primary N) is 1. The fraction of sp³-hybridized carbons (Fsp3) is 0.909. The fourth-order valence-corrected chi connectivity index (χ4v) is 2.70. The lowest BCUT2D eigenvalue weighted by Crippen LogP contribution is -2.50. The summed E-state index contributed by atoms with van der Waals surface area (Å²) in [6.07, 6.45) is 3.26. The van der Waals surface area contributed by atoms with Crippen LogP contribution in [0.3, 0.4) is 0 Å². The average molecular weight is 197 g/mol. The summed E-state index contributed by atoms with van der Waals surface area (Å²) in [5.74, 6) is 1.28. The monoisotopic (exact) mass is 197 g/mol. The third-order valence-corrected chi connectivity index (χ3v) is 3.95. The van der Waals surface area contributed by atoms with Gasteiger partial charge in [-0.25, -0.2) is 0 Å². The smallest absolute Gasteiger partial charge is 0.313 e. The van der Waals surface area contributed by atoms with E-state index in [1.165, 1.54) is 6.42 Å². The van der Waals surface area contributed by atoms with E-state index < -0.39 is 5.41 Å². The molecule has 0 heterocycles. The van der Waals surface area contributed by atoms with Crippen LogP contribution in [0.5, 0.6) is 0 Å². The van der Waals surface area contributed by atoms with Gasteiger partial charge in [0.2, 0.25) is 0 Å². The molecule has 80 valence electrons. The van der Waals surface area contributed by atoms with Crippen molar-refractivity contribution in [2.24, 2.45) is 23.0 Å². The standard InChI is InChI=1S/C11H19NO2/c1-3-14-10(13)11(2)5-4-7-6-8(7)9(11)12/h7-9H,3-6,12H2,1-2H3/t7?,8-,9+,11+/m1/s1. The Hall–Kier alpha value is -0.570. The number of ether oxygens (including phenoxy) is 1. The molecule has 0 aromatic rings. The molecule has 2 fully saturated rings. The first kappa shape index (κ1) is 9.97. The molecule has 3 nitrogen and oxygen atoms in total. The van der Waals surface area contributed by atoms with E-state index in [0.717, 1.165) is 18.8 Å². The van der Waals surface area contributed by atoms with E-state index in [1.807, 2.05) is 13.8 Å². The van der Waals surface area contributed by atoms with Crippen LogP contribution in [0.15, 0.2) is 0 Å². The zero-order valence-corrected chi connectivity index (χ0v) is 8.95. The third-order valence-electron chi connectivity index (χ3n) is 3.95. The molecule has 0 bridgehead atoms. The number of hydrogen-bond donors (Lipinski definition) is 1. The highest BCUT2D eigenvalue weighted by molar-refractivity contribution is 5.77. The molecule has 0 aliphatic heterocycles. The summed E-state index contributed by atoms with van der Waals surface area (Å²) in [4.78, 5) is 11.8. The number of esters is 1. The van der Waals surface area contributed by atoms with Crippen molar-refractivity contribution in [2.45, 2.75) is 39.2 Å². The Morgan fingerprint density at radius 1 is 1.64 bits per heavy atom. The SMILES string of the molecule is CCOC(=O)[C@@]1(C)CCC2C[C@H]2[C@@H]1N. The fourth-order valence-electron chi connectivity index (χ4n) is 2.70. The molecule has 0 saturated heterocycles. The van der Waals surface area contributed by atoms with Gasteiger partial charge in [0.25, 0.3) is 0 Å². The van der Waals surface area contributed by atoms with Gasteiger partial charge >= 0.3 is 5.97 Å². The number of rotatable bonds is 2. The molecule has 0 spiro atoms. The number of fused-ring (bicyclic) bond motifs is 1. The first-order valence-corrected chi connectivity index (χ1v) is 5.52. The van der Waals surface area contributed by atoms with E-state index in [4.69, 9.17) is 10.5 Å². The van der Waals surface area contributed by atoms with Gasteiger partial charge in [-0.15, -0.1) is 0 Å².